The second-order valence-corrected chi connectivity index (χ2v) is 9.64. The Bertz CT molecular complexity index is 1530. The molecule has 1 N–H and O–H groups in total. The molecule has 1 atom stereocenters. The van der Waals surface area contributed by atoms with E-state index in [4.69, 9.17) is 0 Å². The summed E-state index contributed by atoms with van der Waals surface area (Å²) in [4.78, 5) is 35.0. The van der Waals surface area contributed by atoms with Crippen molar-refractivity contribution < 1.29 is 14.0 Å². The Labute approximate surface area is 227 Å². The first-order valence-electron chi connectivity index (χ1n) is 12.1. The van der Waals surface area contributed by atoms with E-state index in [9.17, 15) is 14.0 Å². The third-order valence-corrected chi connectivity index (χ3v) is 6.82. The second-order valence-electron chi connectivity index (χ2n) is 8.61. The molecule has 9 nitrogen and oxygen atoms in total. The molecule has 11 heteroatoms. The first-order chi connectivity index (χ1) is 19.1. The maximum absolute atomic E-state index is 14.2. The number of nitrogens with one attached hydrogen (secondary N) is 1. The van der Waals surface area contributed by atoms with Crippen molar-refractivity contribution in [2.24, 2.45) is 0 Å². The summed E-state index contributed by atoms with van der Waals surface area (Å²) in [6.07, 6.45) is 3.17. The highest BCUT2D eigenvalue weighted by Gasteiger charge is 2.32. The van der Waals surface area contributed by atoms with Gasteiger partial charge in [-0.05, 0) is 52.1 Å². The molecule has 1 unspecified atom stereocenters. The van der Waals surface area contributed by atoms with Gasteiger partial charge in [-0.25, -0.2) is 4.39 Å². The van der Waals surface area contributed by atoms with Crippen molar-refractivity contribution in [1.29, 1.82) is 0 Å². The van der Waals surface area contributed by atoms with E-state index in [1.54, 1.807) is 36.7 Å². The number of halogens is 1. The molecular weight excluding hydrogens is 517 g/mol. The Kier molecular flexibility index (Phi) is 8.08. The van der Waals surface area contributed by atoms with Gasteiger partial charge in [0.25, 0.3) is 0 Å². The fourth-order valence-corrected chi connectivity index (χ4v) is 4.77. The van der Waals surface area contributed by atoms with Gasteiger partial charge in [-0.2, -0.15) is 4.80 Å². The summed E-state index contributed by atoms with van der Waals surface area (Å²) >= 11 is 1.48. The maximum atomic E-state index is 14.2. The normalized spacial score (nSPS) is 11.6. The Morgan fingerprint density at radius 2 is 1.74 bits per heavy atom. The minimum absolute atomic E-state index is 0.0667. The van der Waals surface area contributed by atoms with Crippen molar-refractivity contribution in [2.45, 2.75) is 25.7 Å². The molecule has 39 heavy (non-hydrogen) atoms. The van der Waals surface area contributed by atoms with Crippen LogP contribution in [0.25, 0.3) is 11.4 Å². The molecule has 0 aliphatic carbocycles. The molecule has 0 saturated carbocycles. The number of thiophene rings is 1. The number of hydrogen-bond acceptors (Lipinski definition) is 7. The van der Waals surface area contributed by atoms with E-state index in [-0.39, 0.29) is 30.4 Å². The Morgan fingerprint density at radius 1 is 0.974 bits per heavy atom. The number of pyridine rings is 1. The molecule has 196 valence electrons. The fourth-order valence-electron chi connectivity index (χ4n) is 4.07. The first-order valence-corrected chi connectivity index (χ1v) is 13.0. The molecule has 0 aliphatic heterocycles. The van der Waals surface area contributed by atoms with E-state index in [1.165, 1.54) is 28.4 Å². The zero-order valence-electron chi connectivity index (χ0n) is 20.7. The van der Waals surface area contributed by atoms with E-state index < -0.39 is 17.8 Å². The SMILES string of the molecule is O=C(NCc1ccccc1)C(c1ccncc1)N(Cc1cccs1)C(=O)Cn1nnc(-c2ccccc2F)n1. The molecular formula is C28H24FN7O2S. The molecule has 0 aliphatic rings. The van der Waals surface area contributed by atoms with E-state index in [2.05, 4.69) is 25.7 Å². The zero-order chi connectivity index (χ0) is 27.0. The molecule has 3 aromatic heterocycles. The molecule has 0 bridgehead atoms. The fraction of sp³-hybridized carbons (Fsp3) is 0.143. The van der Waals surface area contributed by atoms with Crippen LogP contribution in [0.4, 0.5) is 4.39 Å². The van der Waals surface area contributed by atoms with Gasteiger partial charge in [0.1, 0.15) is 18.4 Å². The third-order valence-electron chi connectivity index (χ3n) is 5.96. The van der Waals surface area contributed by atoms with Crippen LogP contribution in [0, 0.1) is 5.82 Å². The highest BCUT2D eigenvalue weighted by atomic mass is 32.1. The van der Waals surface area contributed by atoms with Gasteiger partial charge < -0.3 is 10.2 Å². The number of aromatic nitrogens is 5. The molecule has 3 heterocycles. The lowest BCUT2D eigenvalue weighted by molar-refractivity contribution is -0.142. The van der Waals surface area contributed by atoms with Gasteiger partial charge in [-0.1, -0.05) is 48.5 Å². The van der Waals surface area contributed by atoms with Crippen molar-refractivity contribution in [2.75, 3.05) is 0 Å². The Balaban J connectivity index is 1.43. The van der Waals surface area contributed by atoms with Gasteiger partial charge in [-0.15, -0.1) is 21.5 Å². The lowest BCUT2D eigenvalue weighted by atomic mass is 10.0. The smallest absolute Gasteiger partial charge is 0.247 e. The molecule has 2 amide bonds. The summed E-state index contributed by atoms with van der Waals surface area (Å²) in [6.45, 7) is 0.205. The lowest BCUT2D eigenvalue weighted by Crippen LogP contribution is -2.44. The predicted octanol–water partition coefficient (Wildman–Crippen LogP) is 4.02. The van der Waals surface area contributed by atoms with Crippen LogP contribution in [0.1, 0.15) is 22.0 Å². The largest absolute Gasteiger partial charge is 0.350 e. The van der Waals surface area contributed by atoms with Crippen LogP contribution in [0.2, 0.25) is 0 Å². The number of tetrazole rings is 1. The average molecular weight is 542 g/mol. The summed E-state index contributed by atoms with van der Waals surface area (Å²) in [5.74, 6) is -1.17. The van der Waals surface area contributed by atoms with Gasteiger partial charge in [0.15, 0.2) is 0 Å². The van der Waals surface area contributed by atoms with Crippen LogP contribution >= 0.6 is 11.3 Å². The minimum Gasteiger partial charge on any atom is -0.350 e. The van der Waals surface area contributed by atoms with Crippen LogP contribution in [-0.2, 0) is 29.2 Å². The van der Waals surface area contributed by atoms with Gasteiger partial charge in [0.2, 0.25) is 17.6 Å². The Hall–Kier alpha value is -4.77. The van der Waals surface area contributed by atoms with Gasteiger partial charge in [-0.3, -0.25) is 14.6 Å². The number of nitrogens with zero attached hydrogens (tertiary/aromatic N) is 6. The molecule has 2 aromatic carbocycles. The third kappa shape index (κ3) is 6.39. The molecule has 0 saturated heterocycles. The first kappa shape index (κ1) is 25.9. The van der Waals surface area contributed by atoms with Crippen LogP contribution in [0.5, 0.6) is 0 Å². The monoisotopic (exact) mass is 541 g/mol. The molecule has 5 rings (SSSR count). The minimum atomic E-state index is -0.944. The highest BCUT2D eigenvalue weighted by Crippen LogP contribution is 2.26. The van der Waals surface area contributed by atoms with Crippen LogP contribution < -0.4 is 5.32 Å². The number of carbonyl (C=O) groups excluding carboxylic acids is 2. The van der Waals surface area contributed by atoms with Crippen molar-refractivity contribution in [3.8, 4) is 11.4 Å². The number of hydrogen-bond donors (Lipinski definition) is 1. The van der Waals surface area contributed by atoms with Crippen molar-refractivity contribution in [1.82, 2.24) is 35.4 Å². The van der Waals surface area contributed by atoms with E-state index in [1.807, 2.05) is 47.8 Å². The molecule has 0 radical (unpaired) electrons. The second kappa shape index (κ2) is 12.2. The zero-order valence-corrected chi connectivity index (χ0v) is 21.5. The molecule has 0 fully saturated rings. The number of rotatable bonds is 10. The topological polar surface area (TPSA) is 106 Å². The highest BCUT2D eigenvalue weighted by molar-refractivity contribution is 7.09. The lowest BCUT2D eigenvalue weighted by Gasteiger charge is -2.31. The quantitative estimate of drug-likeness (QED) is 0.286. The van der Waals surface area contributed by atoms with Crippen molar-refractivity contribution in [3.05, 3.63) is 118 Å². The molecule has 0 spiro atoms. The summed E-state index contributed by atoms with van der Waals surface area (Å²) < 4.78 is 14.2. The van der Waals surface area contributed by atoms with Crippen molar-refractivity contribution >= 4 is 23.2 Å². The summed E-state index contributed by atoms with van der Waals surface area (Å²) in [6, 6.07) is 21.9. The van der Waals surface area contributed by atoms with Crippen LogP contribution in [0.3, 0.4) is 0 Å². The summed E-state index contributed by atoms with van der Waals surface area (Å²) in [5.41, 5.74) is 1.73. The number of benzene rings is 2. The Morgan fingerprint density at radius 3 is 2.49 bits per heavy atom. The number of amides is 2. The van der Waals surface area contributed by atoms with Gasteiger partial charge in [0.05, 0.1) is 12.1 Å². The van der Waals surface area contributed by atoms with E-state index in [0.29, 0.717) is 12.1 Å². The van der Waals surface area contributed by atoms with Gasteiger partial charge >= 0.3 is 0 Å². The predicted molar refractivity (Wildman–Crippen MR) is 143 cm³/mol. The summed E-state index contributed by atoms with van der Waals surface area (Å²) in [7, 11) is 0. The number of carbonyl (C=O) groups is 2. The van der Waals surface area contributed by atoms with Crippen LogP contribution in [0.15, 0.2) is 96.6 Å². The standard InChI is InChI=1S/C28H24FN7O2S/c29-24-11-5-4-10-23(24)27-32-34-36(33-27)19-25(37)35(18-22-9-6-16-39-22)26(21-12-14-30-15-13-21)28(38)31-17-20-7-2-1-3-8-20/h1-16,26H,17-19H2,(H,31,38). The van der Waals surface area contributed by atoms with Gasteiger partial charge in [0, 0.05) is 23.8 Å². The van der Waals surface area contributed by atoms with Crippen LogP contribution in [-0.4, -0.2) is 41.9 Å². The van der Waals surface area contributed by atoms with E-state index in [0.717, 1.165) is 15.2 Å². The maximum Gasteiger partial charge on any atom is 0.247 e. The van der Waals surface area contributed by atoms with E-state index >= 15 is 0 Å². The summed E-state index contributed by atoms with van der Waals surface area (Å²) in [5, 5.41) is 17.0. The molecule has 5 aromatic rings. The average Bonchev–Trinajstić information content (AvgIpc) is 3.65. The van der Waals surface area contributed by atoms with Crippen molar-refractivity contribution in [3.63, 3.8) is 0 Å².